The SMILES string of the molecule is O=C([O-])CC(=O)c1cnccc1C(F)(F)F. The van der Waals surface area contributed by atoms with Gasteiger partial charge in [-0.1, -0.05) is 0 Å². The largest absolute Gasteiger partial charge is 0.550 e. The van der Waals surface area contributed by atoms with E-state index < -0.39 is 35.5 Å². The third kappa shape index (κ3) is 2.78. The summed E-state index contributed by atoms with van der Waals surface area (Å²) in [4.78, 5) is 24.6. The lowest BCUT2D eigenvalue weighted by atomic mass is 10.0. The van der Waals surface area contributed by atoms with Gasteiger partial charge in [0.05, 0.1) is 12.0 Å². The fourth-order valence-electron chi connectivity index (χ4n) is 1.09. The van der Waals surface area contributed by atoms with Gasteiger partial charge in [-0.15, -0.1) is 0 Å². The van der Waals surface area contributed by atoms with Gasteiger partial charge in [0.1, 0.15) is 0 Å². The molecule has 1 rings (SSSR count). The number of ketones is 1. The van der Waals surface area contributed by atoms with Crippen molar-refractivity contribution in [2.24, 2.45) is 0 Å². The molecule has 1 aromatic rings. The summed E-state index contributed by atoms with van der Waals surface area (Å²) in [5.74, 6) is -2.91. The van der Waals surface area contributed by atoms with Crippen molar-refractivity contribution in [3.8, 4) is 0 Å². The van der Waals surface area contributed by atoms with E-state index in [-0.39, 0.29) is 0 Å². The van der Waals surface area contributed by atoms with Crippen molar-refractivity contribution in [2.45, 2.75) is 12.6 Å². The maximum atomic E-state index is 12.4. The molecule has 0 bridgehead atoms. The van der Waals surface area contributed by atoms with E-state index in [1.54, 1.807) is 0 Å². The van der Waals surface area contributed by atoms with Gasteiger partial charge in [-0.3, -0.25) is 9.78 Å². The van der Waals surface area contributed by atoms with Crippen LogP contribution < -0.4 is 5.11 Å². The summed E-state index contributed by atoms with van der Waals surface area (Å²) in [7, 11) is 0. The van der Waals surface area contributed by atoms with Gasteiger partial charge in [-0.25, -0.2) is 0 Å². The van der Waals surface area contributed by atoms with Crippen molar-refractivity contribution in [3.05, 3.63) is 29.6 Å². The Labute approximate surface area is 87.7 Å². The molecule has 1 aromatic heterocycles. The highest BCUT2D eigenvalue weighted by Crippen LogP contribution is 2.31. The minimum atomic E-state index is -4.72. The quantitative estimate of drug-likeness (QED) is 0.559. The third-order valence-electron chi connectivity index (χ3n) is 1.73. The van der Waals surface area contributed by atoms with Crippen molar-refractivity contribution in [2.75, 3.05) is 0 Å². The molecule has 1 heterocycles. The third-order valence-corrected chi connectivity index (χ3v) is 1.73. The van der Waals surface area contributed by atoms with Gasteiger partial charge >= 0.3 is 6.18 Å². The van der Waals surface area contributed by atoms with E-state index in [4.69, 9.17) is 0 Å². The normalized spacial score (nSPS) is 11.2. The molecule has 7 heteroatoms. The van der Waals surface area contributed by atoms with E-state index in [1.807, 2.05) is 0 Å². The summed E-state index contributed by atoms with van der Waals surface area (Å²) < 4.78 is 37.2. The predicted octanol–water partition coefficient (Wildman–Crippen LogP) is 0.423. The molecule has 0 N–H and O–H groups in total. The molecule has 0 saturated heterocycles. The Morgan fingerprint density at radius 2 is 2.00 bits per heavy atom. The second-order valence-electron chi connectivity index (χ2n) is 2.89. The van der Waals surface area contributed by atoms with Crippen LogP contribution in [-0.2, 0) is 11.0 Å². The molecule has 0 aromatic carbocycles. The average Bonchev–Trinajstić information content (AvgIpc) is 2.15. The number of hydrogen-bond acceptors (Lipinski definition) is 4. The van der Waals surface area contributed by atoms with Crippen LogP contribution in [0.2, 0.25) is 0 Å². The average molecular weight is 232 g/mol. The summed E-state index contributed by atoms with van der Waals surface area (Å²) in [6.07, 6.45) is -4.26. The van der Waals surface area contributed by atoms with Crippen LogP contribution in [0.4, 0.5) is 13.2 Å². The van der Waals surface area contributed by atoms with E-state index in [1.165, 1.54) is 0 Å². The molecule has 4 nitrogen and oxygen atoms in total. The van der Waals surface area contributed by atoms with Crippen molar-refractivity contribution in [1.82, 2.24) is 4.98 Å². The van der Waals surface area contributed by atoms with Gasteiger partial charge in [0.2, 0.25) is 0 Å². The molecule has 0 amide bonds. The lowest BCUT2D eigenvalue weighted by Gasteiger charge is -2.11. The fourth-order valence-corrected chi connectivity index (χ4v) is 1.09. The number of hydrogen-bond donors (Lipinski definition) is 0. The number of Topliss-reactive ketones (excluding diaryl/α,β-unsaturated/α-hetero) is 1. The fraction of sp³-hybridized carbons (Fsp3) is 0.222. The number of carbonyl (C=O) groups is 2. The van der Waals surface area contributed by atoms with Crippen molar-refractivity contribution in [1.29, 1.82) is 0 Å². The van der Waals surface area contributed by atoms with E-state index in [0.29, 0.717) is 12.3 Å². The number of carbonyl (C=O) groups excluding carboxylic acids is 2. The number of aromatic nitrogens is 1. The molecule has 0 spiro atoms. The van der Waals surface area contributed by atoms with Gasteiger partial charge in [0, 0.05) is 23.9 Å². The highest BCUT2D eigenvalue weighted by atomic mass is 19.4. The highest BCUT2D eigenvalue weighted by Gasteiger charge is 2.34. The minimum Gasteiger partial charge on any atom is -0.550 e. The first-order chi connectivity index (χ1) is 7.32. The van der Waals surface area contributed by atoms with Crippen LogP contribution in [0.1, 0.15) is 22.3 Å². The Bertz CT molecular complexity index is 428. The number of carboxylic acid groups (broad SMARTS) is 1. The summed E-state index contributed by atoms with van der Waals surface area (Å²) in [5.41, 5.74) is -1.96. The second kappa shape index (κ2) is 4.30. The Morgan fingerprint density at radius 1 is 1.38 bits per heavy atom. The number of halogens is 3. The maximum Gasteiger partial charge on any atom is 0.417 e. The second-order valence-corrected chi connectivity index (χ2v) is 2.89. The zero-order valence-corrected chi connectivity index (χ0v) is 7.75. The molecule has 0 fully saturated rings. The van der Waals surface area contributed by atoms with Crippen LogP contribution in [-0.4, -0.2) is 16.7 Å². The van der Waals surface area contributed by atoms with Crippen LogP contribution >= 0.6 is 0 Å². The van der Waals surface area contributed by atoms with Crippen LogP contribution in [0.5, 0.6) is 0 Å². The first-order valence-corrected chi connectivity index (χ1v) is 4.06. The summed E-state index contributed by atoms with van der Waals surface area (Å²) >= 11 is 0. The molecular formula is C9H5F3NO3-. The van der Waals surface area contributed by atoms with Gasteiger partial charge in [0.25, 0.3) is 0 Å². The van der Waals surface area contributed by atoms with Gasteiger partial charge in [-0.2, -0.15) is 13.2 Å². The number of pyridine rings is 1. The van der Waals surface area contributed by atoms with E-state index in [9.17, 15) is 27.9 Å². The lowest BCUT2D eigenvalue weighted by Crippen LogP contribution is -2.26. The van der Waals surface area contributed by atoms with Crippen LogP contribution in [0.3, 0.4) is 0 Å². The summed E-state index contributed by atoms with van der Waals surface area (Å²) in [5, 5.41) is 10.1. The van der Waals surface area contributed by atoms with E-state index in [2.05, 4.69) is 4.98 Å². The molecule has 0 atom stereocenters. The molecule has 0 saturated carbocycles. The number of aliphatic carboxylic acids is 1. The zero-order chi connectivity index (χ0) is 12.3. The molecule has 0 aliphatic heterocycles. The number of alkyl halides is 3. The topological polar surface area (TPSA) is 70.1 Å². The van der Waals surface area contributed by atoms with E-state index >= 15 is 0 Å². The number of carboxylic acids is 1. The first-order valence-electron chi connectivity index (χ1n) is 4.06. The smallest absolute Gasteiger partial charge is 0.417 e. The Morgan fingerprint density at radius 3 is 2.50 bits per heavy atom. The summed E-state index contributed by atoms with van der Waals surface area (Å²) in [6.45, 7) is 0. The Kier molecular flexibility index (Phi) is 3.26. The van der Waals surface area contributed by atoms with Crippen molar-refractivity contribution < 1.29 is 27.9 Å². The van der Waals surface area contributed by atoms with Gasteiger partial charge in [0.15, 0.2) is 5.78 Å². The monoisotopic (exact) mass is 232 g/mol. The van der Waals surface area contributed by atoms with Gasteiger partial charge in [-0.05, 0) is 6.07 Å². The lowest BCUT2D eigenvalue weighted by molar-refractivity contribution is -0.304. The standard InChI is InChI=1S/C9H6F3NO3/c10-9(11,12)6-1-2-13-4-5(6)7(14)3-8(15)16/h1-2,4H,3H2,(H,15,16)/p-1. The molecular weight excluding hydrogens is 227 g/mol. The molecule has 0 aliphatic rings. The Hall–Kier alpha value is -1.92. The minimum absolute atomic E-state index is 0.614. The van der Waals surface area contributed by atoms with Crippen LogP contribution in [0.25, 0.3) is 0 Å². The summed E-state index contributed by atoms with van der Waals surface area (Å²) in [6, 6.07) is 0.614. The number of rotatable bonds is 3. The molecule has 0 unspecified atom stereocenters. The Balaban J connectivity index is 3.14. The predicted molar refractivity (Wildman–Crippen MR) is 43.2 cm³/mol. The van der Waals surface area contributed by atoms with Gasteiger partial charge < -0.3 is 9.90 Å². The van der Waals surface area contributed by atoms with Crippen molar-refractivity contribution in [3.63, 3.8) is 0 Å². The van der Waals surface area contributed by atoms with Crippen molar-refractivity contribution >= 4 is 11.8 Å². The molecule has 0 aliphatic carbocycles. The number of nitrogens with zero attached hydrogens (tertiary/aromatic N) is 1. The zero-order valence-electron chi connectivity index (χ0n) is 7.75. The van der Waals surface area contributed by atoms with Crippen LogP contribution in [0, 0.1) is 0 Å². The highest BCUT2D eigenvalue weighted by molar-refractivity contribution is 6.05. The molecule has 16 heavy (non-hydrogen) atoms. The molecule has 86 valence electrons. The van der Waals surface area contributed by atoms with Crippen LogP contribution in [0.15, 0.2) is 18.5 Å². The first kappa shape index (κ1) is 12.2. The molecule has 0 radical (unpaired) electrons. The van der Waals surface area contributed by atoms with E-state index in [0.717, 1.165) is 6.20 Å². The maximum absolute atomic E-state index is 12.4.